The smallest absolute Gasteiger partial charge is 0.196 e. The number of rotatable bonds is 5. The van der Waals surface area contributed by atoms with Crippen molar-refractivity contribution in [2.45, 2.75) is 0 Å². The summed E-state index contributed by atoms with van der Waals surface area (Å²) >= 11 is 7.59. The Morgan fingerprint density at radius 1 is 1.18 bits per heavy atom. The average Bonchev–Trinajstić information content (AvgIpc) is 3.30. The summed E-state index contributed by atoms with van der Waals surface area (Å²) in [7, 11) is 3.19. The Balaban J connectivity index is 1.90. The molecule has 142 valence electrons. The highest BCUT2D eigenvalue weighted by Gasteiger charge is 2.18. The second kappa shape index (κ2) is 7.18. The zero-order chi connectivity index (χ0) is 19.8. The molecule has 0 aliphatic heterocycles. The van der Waals surface area contributed by atoms with E-state index >= 15 is 0 Å². The van der Waals surface area contributed by atoms with Gasteiger partial charge in [0.05, 0.1) is 35.8 Å². The second-order valence-corrected chi connectivity index (χ2v) is 7.43. The van der Waals surface area contributed by atoms with E-state index < -0.39 is 0 Å². The third-order valence-corrected chi connectivity index (χ3v) is 5.63. The summed E-state index contributed by atoms with van der Waals surface area (Å²) in [5, 5.41) is 1.34. The van der Waals surface area contributed by atoms with Crippen molar-refractivity contribution in [2.75, 3.05) is 14.2 Å². The number of halogens is 1. The lowest BCUT2D eigenvalue weighted by Crippen LogP contribution is -1.94. The largest absolute Gasteiger partial charge is 0.493 e. The number of benzene rings is 2. The first kappa shape index (κ1) is 18.3. The van der Waals surface area contributed by atoms with Gasteiger partial charge in [0.1, 0.15) is 6.33 Å². The molecule has 28 heavy (non-hydrogen) atoms. The summed E-state index contributed by atoms with van der Waals surface area (Å²) in [6.07, 6.45) is 1.72. The Bertz CT molecular complexity index is 1200. The van der Waals surface area contributed by atoms with Gasteiger partial charge in [-0.25, -0.2) is 9.97 Å². The van der Waals surface area contributed by atoms with Gasteiger partial charge in [-0.2, -0.15) is 0 Å². The van der Waals surface area contributed by atoms with Gasteiger partial charge in [0.2, 0.25) is 0 Å². The van der Waals surface area contributed by atoms with Crippen LogP contribution >= 0.6 is 22.9 Å². The zero-order valence-electron chi connectivity index (χ0n) is 15.3. The molecule has 0 saturated heterocycles. The van der Waals surface area contributed by atoms with Crippen LogP contribution in [-0.4, -0.2) is 28.8 Å². The molecule has 8 heteroatoms. The number of ether oxygens (including phenoxy) is 2. The number of nitrogens with zero attached hydrogens (tertiary/aromatic N) is 3. The molecule has 2 heterocycles. The van der Waals surface area contributed by atoms with E-state index in [9.17, 15) is 0 Å². The summed E-state index contributed by atoms with van der Waals surface area (Å²) in [6.45, 7) is 3.89. The summed E-state index contributed by atoms with van der Waals surface area (Å²) in [5.41, 5.74) is 9.70. The number of hydrogen-bond donors (Lipinski definition) is 1. The number of nitrogens with two attached hydrogens (primary N) is 1. The molecule has 0 amide bonds. The topological polar surface area (TPSA) is 75.2 Å². The minimum atomic E-state index is 0.447. The lowest BCUT2D eigenvalue weighted by Gasteiger charge is -2.07. The van der Waals surface area contributed by atoms with Crippen LogP contribution in [0.1, 0.15) is 4.88 Å². The normalized spacial score (nSPS) is 11.0. The molecule has 0 bridgehead atoms. The van der Waals surface area contributed by atoms with E-state index in [0.717, 1.165) is 27.2 Å². The minimum Gasteiger partial charge on any atom is -0.493 e. The van der Waals surface area contributed by atoms with Crippen LogP contribution in [0.15, 0.2) is 49.3 Å². The Kier molecular flexibility index (Phi) is 4.70. The summed E-state index contributed by atoms with van der Waals surface area (Å²) in [6, 6.07) is 11.2. The minimum absolute atomic E-state index is 0.447. The fourth-order valence-corrected chi connectivity index (χ4v) is 4.09. The van der Waals surface area contributed by atoms with E-state index in [1.807, 2.05) is 41.0 Å². The monoisotopic (exact) mass is 412 g/mol. The maximum atomic E-state index is 6.15. The number of methoxy groups -OCH3 is 2. The van der Waals surface area contributed by atoms with Crippen LogP contribution in [0.3, 0.4) is 0 Å². The van der Waals surface area contributed by atoms with E-state index in [1.54, 1.807) is 20.5 Å². The third kappa shape index (κ3) is 3.08. The first-order valence-corrected chi connectivity index (χ1v) is 9.52. The highest BCUT2D eigenvalue weighted by Crippen LogP contribution is 2.37. The molecule has 0 spiro atoms. The molecular formula is C20H17ClN4O2S. The number of aromatic nitrogens is 3. The maximum absolute atomic E-state index is 6.15. The fraction of sp³-hybridized carbons (Fsp3) is 0.100. The van der Waals surface area contributed by atoms with Crippen molar-refractivity contribution in [3.05, 3.63) is 59.2 Å². The highest BCUT2D eigenvalue weighted by molar-refractivity contribution is 7.15. The fourth-order valence-electron chi connectivity index (χ4n) is 2.95. The molecule has 0 unspecified atom stereocenters. The molecule has 0 radical (unpaired) electrons. The average molecular weight is 413 g/mol. The maximum Gasteiger partial charge on any atom is 0.196 e. The summed E-state index contributed by atoms with van der Waals surface area (Å²) < 4.78 is 12.7. The molecule has 0 aliphatic rings. The van der Waals surface area contributed by atoms with Crippen LogP contribution in [0.5, 0.6) is 11.5 Å². The van der Waals surface area contributed by atoms with Gasteiger partial charge in [0.15, 0.2) is 16.6 Å². The molecule has 4 aromatic rings. The van der Waals surface area contributed by atoms with Gasteiger partial charge in [-0.15, -0.1) is 0 Å². The van der Waals surface area contributed by atoms with Gasteiger partial charge in [-0.3, -0.25) is 4.57 Å². The molecule has 0 saturated carbocycles. The molecule has 4 rings (SSSR count). The van der Waals surface area contributed by atoms with E-state index in [2.05, 4.69) is 11.6 Å². The highest BCUT2D eigenvalue weighted by atomic mass is 35.5. The Hall–Kier alpha value is -3.03. The van der Waals surface area contributed by atoms with Crippen molar-refractivity contribution < 1.29 is 9.47 Å². The predicted molar refractivity (Wildman–Crippen MR) is 114 cm³/mol. The quantitative estimate of drug-likeness (QED) is 0.512. The van der Waals surface area contributed by atoms with Crippen LogP contribution in [0.2, 0.25) is 5.02 Å². The van der Waals surface area contributed by atoms with Gasteiger partial charge < -0.3 is 15.2 Å². The number of fused-ring (bicyclic) bond motifs is 1. The Labute approximate surface area is 170 Å². The first-order valence-electron chi connectivity index (χ1n) is 8.32. The summed E-state index contributed by atoms with van der Waals surface area (Å²) in [4.78, 5) is 10.1. The first-order chi connectivity index (χ1) is 13.5. The molecule has 6 nitrogen and oxygen atoms in total. The number of thiazole rings is 1. The molecule has 0 fully saturated rings. The molecule has 2 aromatic heterocycles. The lowest BCUT2D eigenvalue weighted by molar-refractivity contribution is 0.355. The van der Waals surface area contributed by atoms with Crippen molar-refractivity contribution in [3.63, 3.8) is 0 Å². The Morgan fingerprint density at radius 2 is 1.93 bits per heavy atom. The van der Waals surface area contributed by atoms with Gasteiger partial charge in [-0.05, 0) is 12.1 Å². The van der Waals surface area contributed by atoms with E-state index in [0.29, 0.717) is 27.4 Å². The predicted octanol–water partition coefficient (Wildman–Crippen LogP) is 4.75. The van der Waals surface area contributed by atoms with Gasteiger partial charge in [0.25, 0.3) is 0 Å². The molecule has 0 aliphatic carbocycles. The lowest BCUT2D eigenvalue weighted by atomic mass is 10.1. The Morgan fingerprint density at radius 3 is 2.61 bits per heavy atom. The van der Waals surface area contributed by atoms with Crippen LogP contribution in [-0.2, 0) is 0 Å². The SMILES string of the molecule is C=C(N)c1sc(-n2cnc3cc(OC)c(OC)cc32)nc1-c1cccc(Cl)c1. The van der Waals surface area contributed by atoms with Gasteiger partial charge in [-0.1, -0.05) is 41.6 Å². The van der Waals surface area contributed by atoms with Crippen LogP contribution in [0.25, 0.3) is 33.1 Å². The van der Waals surface area contributed by atoms with Crippen molar-refractivity contribution in [3.8, 4) is 27.9 Å². The van der Waals surface area contributed by atoms with Crippen molar-refractivity contribution in [1.29, 1.82) is 0 Å². The number of hydrogen-bond acceptors (Lipinski definition) is 6. The molecular weight excluding hydrogens is 396 g/mol. The molecule has 2 aromatic carbocycles. The van der Waals surface area contributed by atoms with Crippen molar-refractivity contribution in [1.82, 2.24) is 14.5 Å². The second-order valence-electron chi connectivity index (χ2n) is 6.02. The zero-order valence-corrected chi connectivity index (χ0v) is 16.8. The molecule has 2 N–H and O–H groups in total. The standard InChI is InChI=1S/C20H17ClN4O2S/c1-11(22)19-18(12-5-4-6-13(21)7-12)24-20(28-19)25-10-23-14-8-16(26-2)17(27-3)9-15(14)25/h4-10H,1,22H2,2-3H3. The van der Waals surface area contributed by atoms with E-state index in [4.69, 9.17) is 31.8 Å². The van der Waals surface area contributed by atoms with Crippen LogP contribution in [0, 0.1) is 0 Å². The van der Waals surface area contributed by atoms with Crippen molar-refractivity contribution >= 4 is 39.7 Å². The van der Waals surface area contributed by atoms with E-state index in [-0.39, 0.29) is 0 Å². The van der Waals surface area contributed by atoms with Gasteiger partial charge >= 0.3 is 0 Å². The van der Waals surface area contributed by atoms with E-state index in [1.165, 1.54) is 11.3 Å². The van der Waals surface area contributed by atoms with Crippen LogP contribution in [0.4, 0.5) is 0 Å². The molecule has 0 atom stereocenters. The third-order valence-electron chi connectivity index (χ3n) is 4.26. The summed E-state index contributed by atoms with van der Waals surface area (Å²) in [5.74, 6) is 1.24. The van der Waals surface area contributed by atoms with Crippen LogP contribution < -0.4 is 15.2 Å². The van der Waals surface area contributed by atoms with Gasteiger partial charge in [0, 0.05) is 28.4 Å². The number of imidazole rings is 1. The van der Waals surface area contributed by atoms with Crippen molar-refractivity contribution in [2.24, 2.45) is 5.73 Å².